The molecule has 4 aromatic rings. The summed E-state index contributed by atoms with van der Waals surface area (Å²) in [5.74, 6) is 0.498. The van der Waals surface area contributed by atoms with Gasteiger partial charge in [0.25, 0.3) is 5.56 Å². The summed E-state index contributed by atoms with van der Waals surface area (Å²) < 4.78 is 7.06. The highest BCUT2D eigenvalue weighted by Gasteiger charge is 2.13. The van der Waals surface area contributed by atoms with Crippen molar-refractivity contribution in [2.24, 2.45) is 0 Å². The summed E-state index contributed by atoms with van der Waals surface area (Å²) in [6.07, 6.45) is 3.40. The summed E-state index contributed by atoms with van der Waals surface area (Å²) in [5, 5.41) is 2.83. The lowest BCUT2D eigenvalue weighted by atomic mass is 10.2. The van der Waals surface area contributed by atoms with Gasteiger partial charge >= 0.3 is 0 Å². The highest BCUT2D eigenvalue weighted by molar-refractivity contribution is 7.98. The Morgan fingerprint density at radius 3 is 2.73 bits per heavy atom. The third kappa shape index (κ3) is 4.24. The number of anilines is 1. The predicted octanol–water partition coefficient (Wildman–Crippen LogP) is 4.49. The zero-order valence-corrected chi connectivity index (χ0v) is 18.0. The Kier molecular flexibility index (Phi) is 5.87. The first kappa shape index (κ1) is 20.2. The third-order valence-electron chi connectivity index (χ3n) is 4.55. The minimum atomic E-state index is -0.275. The zero-order chi connectivity index (χ0) is 21.1. The minimum absolute atomic E-state index is 0.0962. The molecule has 4 rings (SSSR count). The number of methoxy groups -OCH3 is 1. The van der Waals surface area contributed by atoms with Crippen LogP contribution in [0.3, 0.4) is 0 Å². The van der Waals surface area contributed by atoms with Gasteiger partial charge in [-0.1, -0.05) is 6.07 Å². The van der Waals surface area contributed by atoms with Crippen molar-refractivity contribution < 1.29 is 9.53 Å². The molecule has 0 aliphatic carbocycles. The standard InChI is InChI=1S/C22H19N3O3S2/c1-28-16-8-6-14(7-9-16)19-11-18-21(30-19)22(27)25(13-23-18)12-20(26)24-15-4-3-5-17(10-15)29-2/h3-11,13H,12H2,1-2H3,(H,24,26). The number of nitrogens with zero attached hydrogens (tertiary/aromatic N) is 2. The second kappa shape index (κ2) is 8.73. The second-order valence-corrected chi connectivity index (χ2v) is 8.44. The minimum Gasteiger partial charge on any atom is -0.497 e. The van der Waals surface area contributed by atoms with E-state index < -0.39 is 0 Å². The number of carbonyl (C=O) groups excluding carboxylic acids is 1. The van der Waals surface area contributed by atoms with Crippen LogP contribution in [-0.4, -0.2) is 28.8 Å². The van der Waals surface area contributed by atoms with Crippen LogP contribution in [-0.2, 0) is 11.3 Å². The molecule has 1 N–H and O–H groups in total. The molecule has 6 nitrogen and oxygen atoms in total. The average molecular weight is 438 g/mol. The van der Waals surface area contributed by atoms with E-state index in [9.17, 15) is 9.59 Å². The van der Waals surface area contributed by atoms with Gasteiger partial charge in [0, 0.05) is 15.5 Å². The van der Waals surface area contributed by atoms with E-state index in [0.29, 0.717) is 15.9 Å². The Morgan fingerprint density at radius 1 is 1.20 bits per heavy atom. The number of rotatable bonds is 6. The van der Waals surface area contributed by atoms with Crippen molar-refractivity contribution in [3.05, 3.63) is 71.3 Å². The third-order valence-corrected chi connectivity index (χ3v) is 6.43. The molecule has 152 valence electrons. The van der Waals surface area contributed by atoms with Crippen molar-refractivity contribution in [3.63, 3.8) is 0 Å². The maximum atomic E-state index is 12.9. The molecule has 1 amide bonds. The summed E-state index contributed by atoms with van der Waals surface area (Å²) in [6, 6.07) is 17.1. The molecule has 0 fully saturated rings. The Morgan fingerprint density at radius 2 is 2.00 bits per heavy atom. The molecule has 2 aromatic heterocycles. The number of thiophene rings is 1. The largest absolute Gasteiger partial charge is 0.497 e. The van der Waals surface area contributed by atoms with Gasteiger partial charge in [0.05, 0.1) is 19.0 Å². The fourth-order valence-electron chi connectivity index (χ4n) is 3.01. The van der Waals surface area contributed by atoms with Crippen molar-refractivity contribution in [1.82, 2.24) is 9.55 Å². The molecule has 0 atom stereocenters. The number of ether oxygens (including phenoxy) is 1. The number of benzene rings is 2. The van der Waals surface area contributed by atoms with E-state index in [0.717, 1.165) is 21.1 Å². The van der Waals surface area contributed by atoms with Gasteiger partial charge in [0.1, 0.15) is 17.0 Å². The highest BCUT2D eigenvalue weighted by atomic mass is 32.2. The maximum absolute atomic E-state index is 12.9. The first-order chi connectivity index (χ1) is 14.6. The van der Waals surface area contributed by atoms with Gasteiger partial charge in [-0.3, -0.25) is 14.2 Å². The topological polar surface area (TPSA) is 73.2 Å². The van der Waals surface area contributed by atoms with Crippen LogP contribution in [0.4, 0.5) is 5.69 Å². The van der Waals surface area contributed by atoms with Crippen LogP contribution in [0.2, 0.25) is 0 Å². The van der Waals surface area contributed by atoms with E-state index in [-0.39, 0.29) is 18.0 Å². The number of aromatic nitrogens is 2. The molecule has 0 aliphatic heterocycles. The van der Waals surface area contributed by atoms with Crippen LogP contribution in [0.1, 0.15) is 0 Å². The normalized spacial score (nSPS) is 10.9. The maximum Gasteiger partial charge on any atom is 0.271 e. The van der Waals surface area contributed by atoms with Crippen molar-refractivity contribution in [1.29, 1.82) is 0 Å². The summed E-state index contributed by atoms with van der Waals surface area (Å²) in [4.78, 5) is 31.7. The summed E-state index contributed by atoms with van der Waals surface area (Å²) in [7, 11) is 1.62. The number of carbonyl (C=O) groups is 1. The predicted molar refractivity (Wildman–Crippen MR) is 123 cm³/mol. The number of amides is 1. The van der Waals surface area contributed by atoms with Crippen LogP contribution < -0.4 is 15.6 Å². The summed E-state index contributed by atoms with van der Waals surface area (Å²) in [6.45, 7) is -0.0962. The number of hydrogen-bond acceptors (Lipinski definition) is 6. The van der Waals surface area contributed by atoms with Crippen LogP contribution in [0.5, 0.6) is 5.75 Å². The van der Waals surface area contributed by atoms with E-state index >= 15 is 0 Å². The smallest absolute Gasteiger partial charge is 0.271 e. The first-order valence-electron chi connectivity index (χ1n) is 9.14. The van der Waals surface area contributed by atoms with Crippen molar-refractivity contribution >= 4 is 44.9 Å². The van der Waals surface area contributed by atoms with E-state index in [1.807, 2.05) is 60.9 Å². The molecule has 0 saturated heterocycles. The van der Waals surface area contributed by atoms with Crippen LogP contribution in [0.15, 0.2) is 70.6 Å². The second-order valence-electron chi connectivity index (χ2n) is 6.51. The zero-order valence-electron chi connectivity index (χ0n) is 16.4. The molecule has 0 radical (unpaired) electrons. The SMILES string of the molecule is COc1ccc(-c2cc3ncn(CC(=O)Nc4cccc(SC)c4)c(=O)c3s2)cc1. The van der Waals surface area contributed by atoms with Gasteiger partial charge in [0.15, 0.2) is 0 Å². The van der Waals surface area contributed by atoms with Crippen molar-refractivity contribution in [3.8, 4) is 16.2 Å². The monoisotopic (exact) mass is 437 g/mol. The molecular weight excluding hydrogens is 418 g/mol. The van der Waals surface area contributed by atoms with E-state index in [2.05, 4.69) is 10.3 Å². The molecule has 0 saturated carbocycles. The fourth-order valence-corrected chi connectivity index (χ4v) is 4.54. The molecule has 2 aromatic carbocycles. The van der Waals surface area contributed by atoms with Gasteiger partial charge < -0.3 is 10.1 Å². The molecule has 0 spiro atoms. The number of fused-ring (bicyclic) bond motifs is 1. The quantitative estimate of drug-likeness (QED) is 0.450. The van der Waals surface area contributed by atoms with E-state index in [1.54, 1.807) is 18.9 Å². The molecule has 30 heavy (non-hydrogen) atoms. The van der Waals surface area contributed by atoms with Crippen LogP contribution in [0.25, 0.3) is 20.7 Å². The van der Waals surface area contributed by atoms with Gasteiger partial charge in [-0.15, -0.1) is 23.1 Å². The van der Waals surface area contributed by atoms with Gasteiger partial charge in [-0.25, -0.2) is 4.98 Å². The summed E-state index contributed by atoms with van der Waals surface area (Å²) in [5.41, 5.74) is 2.08. The lowest BCUT2D eigenvalue weighted by Gasteiger charge is -2.08. The van der Waals surface area contributed by atoms with Gasteiger partial charge in [-0.05, 0) is 60.4 Å². The van der Waals surface area contributed by atoms with Crippen molar-refractivity contribution in [2.75, 3.05) is 18.7 Å². The fraction of sp³-hybridized carbons (Fsp3) is 0.136. The molecule has 0 bridgehead atoms. The highest BCUT2D eigenvalue weighted by Crippen LogP contribution is 2.31. The van der Waals surface area contributed by atoms with E-state index in [4.69, 9.17) is 4.74 Å². The Labute approximate surface area is 181 Å². The molecular formula is C22H19N3O3S2. The van der Waals surface area contributed by atoms with Crippen LogP contribution in [0, 0.1) is 0 Å². The lowest BCUT2D eigenvalue weighted by Crippen LogP contribution is -2.27. The summed E-state index contributed by atoms with van der Waals surface area (Å²) >= 11 is 2.97. The molecule has 0 aliphatic rings. The van der Waals surface area contributed by atoms with Crippen LogP contribution >= 0.6 is 23.1 Å². The molecule has 2 heterocycles. The Balaban J connectivity index is 1.56. The van der Waals surface area contributed by atoms with Crippen molar-refractivity contribution in [2.45, 2.75) is 11.4 Å². The first-order valence-corrected chi connectivity index (χ1v) is 11.2. The average Bonchev–Trinajstić information content (AvgIpc) is 3.21. The molecule has 8 heteroatoms. The van der Waals surface area contributed by atoms with Gasteiger partial charge in [0.2, 0.25) is 5.91 Å². The number of hydrogen-bond donors (Lipinski definition) is 1. The number of thioether (sulfide) groups is 1. The number of nitrogens with one attached hydrogen (secondary N) is 1. The Hall–Kier alpha value is -3.10. The Bertz CT molecular complexity index is 1260. The van der Waals surface area contributed by atoms with E-state index in [1.165, 1.54) is 22.2 Å². The molecule has 0 unspecified atom stereocenters. The lowest BCUT2D eigenvalue weighted by molar-refractivity contribution is -0.116. The van der Waals surface area contributed by atoms with Gasteiger partial charge in [-0.2, -0.15) is 0 Å².